The number of allylic oxidation sites excluding steroid dienone is 8. The van der Waals surface area contributed by atoms with Gasteiger partial charge in [-0.3, -0.25) is 4.79 Å². The zero-order valence-electron chi connectivity index (χ0n) is 20.7. The molecule has 3 aromatic rings. The van der Waals surface area contributed by atoms with Crippen molar-refractivity contribution in [1.29, 1.82) is 0 Å². The molecule has 2 atom stereocenters. The number of hydrogen-bond donors (Lipinski definition) is 0. The second-order valence-electron chi connectivity index (χ2n) is 8.90. The zero-order chi connectivity index (χ0) is 26.5. The quantitative estimate of drug-likeness (QED) is 0.250. The summed E-state index contributed by atoms with van der Waals surface area (Å²) >= 11 is 0. The third-order valence-corrected chi connectivity index (χ3v) is 6.38. The van der Waals surface area contributed by atoms with Gasteiger partial charge in [0.05, 0.1) is 23.5 Å². The minimum Gasteiger partial charge on any atom is -0.300 e. The molecular weight excluding hydrogens is 545 g/mol. The van der Waals surface area contributed by atoms with Crippen molar-refractivity contribution in [2.75, 3.05) is 4.90 Å². The third-order valence-electron chi connectivity index (χ3n) is 6.38. The van der Waals surface area contributed by atoms with Crippen molar-refractivity contribution < 1.29 is 35.0 Å². The van der Waals surface area contributed by atoms with E-state index in [4.69, 9.17) is 0 Å². The number of nitrogens with zero attached hydrogens (tertiary/aromatic N) is 4. The number of aromatic nitrogens is 3. The van der Waals surface area contributed by atoms with E-state index in [0.29, 0.717) is 5.69 Å². The molecule has 1 amide bonds. The Morgan fingerprint density at radius 1 is 0.923 bits per heavy atom. The van der Waals surface area contributed by atoms with Crippen molar-refractivity contribution in [3.8, 4) is 0 Å². The number of para-hydroxylation sites is 1. The van der Waals surface area contributed by atoms with Crippen LogP contribution in [0.2, 0.25) is 0 Å². The van der Waals surface area contributed by atoms with Crippen molar-refractivity contribution in [3.05, 3.63) is 126 Å². The standard InChI is InChI=1S/C25H19F3N4O.C5H6.Fe/c26-25(27,28)19-12-6-7-13-21(19)32-22(15-14-17-8-2-1-3-9-17)23(24(32)33)31-16-20(29-30-31)18-10-4-5-11-18;1-2-4-5-3-1;/h1-4,6-16,22-23H,5H2;1-4H,5H2;/b15-14+;;/t22-,23?;;/m1../s1. The van der Waals surface area contributed by atoms with Crippen molar-refractivity contribution >= 4 is 23.2 Å². The molecule has 0 spiro atoms. The van der Waals surface area contributed by atoms with E-state index in [-0.39, 0.29) is 22.8 Å². The van der Waals surface area contributed by atoms with Crippen molar-refractivity contribution in [3.63, 3.8) is 0 Å². The first-order valence-corrected chi connectivity index (χ1v) is 12.3. The Hall–Kier alpha value is -3.94. The number of carbonyl (C=O) groups is 1. The third kappa shape index (κ3) is 6.21. The van der Waals surface area contributed by atoms with Crippen molar-refractivity contribution in [1.82, 2.24) is 15.0 Å². The minimum atomic E-state index is -4.59. The second kappa shape index (κ2) is 12.3. The van der Waals surface area contributed by atoms with E-state index in [1.165, 1.54) is 27.8 Å². The number of halogens is 3. The molecule has 2 heterocycles. The molecule has 1 aliphatic heterocycles. The summed E-state index contributed by atoms with van der Waals surface area (Å²) in [6, 6.07) is 13.0. The minimum absolute atomic E-state index is 0. The van der Waals surface area contributed by atoms with Gasteiger partial charge in [0.2, 0.25) is 0 Å². The molecule has 39 heavy (non-hydrogen) atoms. The largest absolute Gasteiger partial charge is 0.418 e. The zero-order valence-corrected chi connectivity index (χ0v) is 21.8. The maximum Gasteiger partial charge on any atom is 0.418 e. The van der Waals surface area contributed by atoms with Gasteiger partial charge in [0.15, 0.2) is 6.04 Å². The molecule has 0 bridgehead atoms. The number of benzene rings is 2. The fourth-order valence-corrected chi connectivity index (χ4v) is 4.52. The van der Waals surface area contributed by atoms with Gasteiger partial charge < -0.3 is 4.90 Å². The Labute approximate surface area is 235 Å². The van der Waals surface area contributed by atoms with Gasteiger partial charge in [0.1, 0.15) is 5.69 Å². The molecule has 1 saturated heterocycles. The van der Waals surface area contributed by atoms with Crippen LogP contribution in [-0.2, 0) is 28.0 Å². The molecule has 1 unspecified atom stereocenters. The molecule has 1 aromatic heterocycles. The molecule has 0 radical (unpaired) electrons. The number of rotatable bonds is 5. The number of carbonyl (C=O) groups excluding carboxylic acids is 1. The van der Waals surface area contributed by atoms with Crippen LogP contribution in [0.3, 0.4) is 0 Å². The Morgan fingerprint density at radius 2 is 1.64 bits per heavy atom. The Morgan fingerprint density at radius 3 is 2.28 bits per heavy atom. The van der Waals surface area contributed by atoms with Crippen LogP contribution in [0.25, 0.3) is 11.6 Å². The predicted molar refractivity (Wildman–Crippen MR) is 142 cm³/mol. The first kappa shape index (κ1) is 28.1. The molecule has 1 fully saturated rings. The number of anilines is 1. The van der Waals surface area contributed by atoms with Gasteiger partial charge >= 0.3 is 6.18 Å². The molecule has 9 heteroatoms. The molecule has 0 N–H and O–H groups in total. The SMILES string of the molecule is C1=CCC=C1.O=C1C(n2cc(C3=CCC=C3)nn2)[C@@H](/C=C/c2ccccc2)N1c1ccccc1C(F)(F)F.[Fe]. The van der Waals surface area contributed by atoms with Crippen molar-refractivity contribution in [2.45, 2.75) is 31.1 Å². The number of hydrogen-bond acceptors (Lipinski definition) is 3. The van der Waals surface area contributed by atoms with Crippen LogP contribution in [-0.4, -0.2) is 26.9 Å². The van der Waals surface area contributed by atoms with Crippen LogP contribution >= 0.6 is 0 Å². The average Bonchev–Trinajstić information content (AvgIpc) is 3.71. The summed E-state index contributed by atoms with van der Waals surface area (Å²) < 4.78 is 42.5. The molecule has 5 nitrogen and oxygen atoms in total. The van der Waals surface area contributed by atoms with E-state index in [1.54, 1.807) is 18.3 Å². The first-order valence-electron chi connectivity index (χ1n) is 12.3. The molecule has 6 rings (SSSR count). The van der Waals surface area contributed by atoms with Gasteiger partial charge in [0, 0.05) is 17.1 Å². The summed E-state index contributed by atoms with van der Waals surface area (Å²) in [7, 11) is 0. The van der Waals surface area contributed by atoms with Crippen LogP contribution in [0.4, 0.5) is 18.9 Å². The summed E-state index contributed by atoms with van der Waals surface area (Å²) in [5.41, 5.74) is 1.38. The molecule has 3 aliphatic rings. The van der Waals surface area contributed by atoms with E-state index in [1.807, 2.05) is 48.6 Å². The number of alkyl halides is 3. The van der Waals surface area contributed by atoms with Gasteiger partial charge in [-0.05, 0) is 36.1 Å². The number of β-lactam (4-membered cyclic amide) rings is 1. The van der Waals surface area contributed by atoms with Crippen LogP contribution in [0, 0.1) is 0 Å². The second-order valence-corrected chi connectivity index (χ2v) is 8.90. The summed E-state index contributed by atoms with van der Waals surface area (Å²) in [4.78, 5) is 14.4. The van der Waals surface area contributed by atoms with E-state index in [9.17, 15) is 18.0 Å². The maximum atomic E-state index is 13.7. The van der Waals surface area contributed by atoms with E-state index in [0.717, 1.165) is 30.0 Å². The fraction of sp³-hybridized carbons (Fsp3) is 0.167. The van der Waals surface area contributed by atoms with Gasteiger partial charge in [-0.2, -0.15) is 13.2 Å². The Kier molecular flexibility index (Phi) is 8.84. The number of amides is 1. The molecule has 200 valence electrons. The molecular formula is C30H25F3FeN4O. The van der Waals surface area contributed by atoms with E-state index >= 15 is 0 Å². The topological polar surface area (TPSA) is 51.0 Å². The van der Waals surface area contributed by atoms with E-state index in [2.05, 4.69) is 34.6 Å². The fourth-order valence-electron chi connectivity index (χ4n) is 4.52. The smallest absolute Gasteiger partial charge is 0.300 e. The molecule has 2 aromatic carbocycles. The molecule has 0 saturated carbocycles. The van der Waals surface area contributed by atoms with Crippen LogP contribution in [0.15, 0.2) is 109 Å². The van der Waals surface area contributed by atoms with Gasteiger partial charge in [-0.1, -0.05) is 102 Å². The predicted octanol–water partition coefficient (Wildman–Crippen LogP) is 6.81. The van der Waals surface area contributed by atoms with Gasteiger partial charge in [-0.15, -0.1) is 5.10 Å². The normalized spacial score (nSPS) is 19.5. The average molecular weight is 570 g/mol. The summed E-state index contributed by atoms with van der Waals surface area (Å²) in [6.45, 7) is 0. The Bertz CT molecular complexity index is 1440. The van der Waals surface area contributed by atoms with E-state index < -0.39 is 29.7 Å². The van der Waals surface area contributed by atoms with Crippen molar-refractivity contribution in [2.24, 2.45) is 0 Å². The monoisotopic (exact) mass is 570 g/mol. The maximum absolute atomic E-state index is 13.7. The van der Waals surface area contributed by atoms with Gasteiger partial charge in [0.25, 0.3) is 5.91 Å². The van der Waals surface area contributed by atoms with Gasteiger partial charge in [-0.25, -0.2) is 4.68 Å². The van der Waals surface area contributed by atoms with Crippen LogP contribution < -0.4 is 4.90 Å². The van der Waals surface area contributed by atoms with Crippen LogP contribution in [0.1, 0.15) is 35.7 Å². The first-order chi connectivity index (χ1) is 18.4. The molecule has 2 aliphatic carbocycles. The van der Waals surface area contributed by atoms with Crippen LogP contribution in [0.5, 0.6) is 0 Å². The summed E-state index contributed by atoms with van der Waals surface area (Å²) in [6.07, 6.45) is 16.8. The summed E-state index contributed by atoms with van der Waals surface area (Å²) in [5, 5.41) is 8.29. The summed E-state index contributed by atoms with van der Waals surface area (Å²) in [5.74, 6) is -0.471. The Balaban J connectivity index is 0.000000530.